The maximum absolute atomic E-state index is 14.0. The van der Waals surface area contributed by atoms with Crippen molar-refractivity contribution in [2.75, 3.05) is 4.90 Å². The van der Waals surface area contributed by atoms with Crippen molar-refractivity contribution in [1.82, 2.24) is 4.90 Å². The van der Waals surface area contributed by atoms with Crippen LogP contribution in [-0.2, 0) is 10.8 Å². The van der Waals surface area contributed by atoms with E-state index in [9.17, 15) is 19.2 Å². The summed E-state index contributed by atoms with van der Waals surface area (Å²) in [5.41, 5.74) is 8.44. The predicted octanol–water partition coefficient (Wildman–Crippen LogP) is 10.7. The van der Waals surface area contributed by atoms with E-state index in [4.69, 9.17) is 4.74 Å². The summed E-state index contributed by atoms with van der Waals surface area (Å²) in [7, 11) is 0. The number of ether oxygens (including phenoxy) is 1. The number of benzene rings is 6. The summed E-state index contributed by atoms with van der Waals surface area (Å²) in [6.45, 7) is 12.2. The quantitative estimate of drug-likeness (QED) is 0.151. The van der Waals surface area contributed by atoms with Gasteiger partial charge < -0.3 is 4.74 Å². The number of rotatable bonds is 7. The Balaban J connectivity index is 1.05. The average Bonchev–Trinajstić information content (AvgIpc) is 3.75. The van der Waals surface area contributed by atoms with Crippen molar-refractivity contribution in [3.8, 4) is 22.6 Å². The fraction of sp³-hybridized carbons (Fsp3) is 0.200. The molecule has 4 amide bonds. The fourth-order valence-electron chi connectivity index (χ4n) is 8.81. The predicted molar refractivity (Wildman–Crippen MR) is 221 cm³/mol. The molecule has 6 aromatic rings. The molecule has 0 spiro atoms. The highest BCUT2D eigenvalue weighted by atomic mass is 16.5. The summed E-state index contributed by atoms with van der Waals surface area (Å²) in [5.74, 6) is -0.941. The molecule has 282 valence electrons. The van der Waals surface area contributed by atoms with E-state index in [0.717, 1.165) is 17.5 Å². The number of hydrogen-bond acceptors (Lipinski definition) is 5. The van der Waals surface area contributed by atoms with Gasteiger partial charge in [-0.25, -0.2) is 4.90 Å². The minimum absolute atomic E-state index is 0.0380. The van der Waals surface area contributed by atoms with Crippen LogP contribution >= 0.6 is 0 Å². The molecule has 9 rings (SSSR count). The summed E-state index contributed by atoms with van der Waals surface area (Å²) in [6, 6.07) is 43.4. The minimum atomic E-state index is -0.680. The molecule has 0 fully saturated rings. The lowest BCUT2D eigenvalue weighted by Crippen LogP contribution is -2.45. The zero-order chi connectivity index (χ0) is 40.0. The van der Waals surface area contributed by atoms with E-state index >= 15 is 0 Å². The molecule has 1 aliphatic carbocycles. The van der Waals surface area contributed by atoms with Crippen LogP contribution in [0.5, 0.6) is 11.5 Å². The van der Waals surface area contributed by atoms with Crippen molar-refractivity contribution < 1.29 is 23.9 Å². The Kier molecular flexibility index (Phi) is 8.04. The highest BCUT2D eigenvalue weighted by Crippen LogP contribution is 2.56. The minimum Gasteiger partial charge on any atom is -0.457 e. The van der Waals surface area contributed by atoms with E-state index in [0.29, 0.717) is 22.7 Å². The monoisotopic (exact) mass is 750 g/mol. The molecule has 2 heterocycles. The van der Waals surface area contributed by atoms with Crippen molar-refractivity contribution in [3.05, 3.63) is 184 Å². The SMILES string of the molecule is CCC(C)(C)c1ccc(C2(c3ccc(N4C(=O)c5ccc(Oc6ccc7c(c6)C(=O)N(C(C)(C)C)C7=O)cc5C4=O)cc3)c3ccccc3-c3ccccc32)cc1. The lowest BCUT2D eigenvalue weighted by Gasteiger charge is -2.35. The third-order valence-corrected chi connectivity index (χ3v) is 12.1. The number of nitrogens with zero attached hydrogens (tertiary/aromatic N) is 2. The van der Waals surface area contributed by atoms with Crippen molar-refractivity contribution in [1.29, 1.82) is 0 Å². The summed E-state index contributed by atoms with van der Waals surface area (Å²) >= 11 is 0. The summed E-state index contributed by atoms with van der Waals surface area (Å²) in [6.07, 6.45) is 1.02. The van der Waals surface area contributed by atoms with Crippen LogP contribution in [0.4, 0.5) is 5.69 Å². The van der Waals surface area contributed by atoms with Crippen LogP contribution in [0.3, 0.4) is 0 Å². The van der Waals surface area contributed by atoms with Crippen molar-refractivity contribution in [2.45, 2.75) is 64.3 Å². The van der Waals surface area contributed by atoms with Crippen LogP contribution in [0.15, 0.2) is 133 Å². The van der Waals surface area contributed by atoms with Crippen LogP contribution in [-0.4, -0.2) is 34.1 Å². The largest absolute Gasteiger partial charge is 0.457 e. The fourth-order valence-corrected chi connectivity index (χ4v) is 8.81. The molecule has 0 aromatic heterocycles. The molecule has 2 aliphatic heterocycles. The third kappa shape index (κ3) is 5.32. The molecule has 6 aromatic carbocycles. The lowest BCUT2D eigenvalue weighted by atomic mass is 9.67. The van der Waals surface area contributed by atoms with Gasteiger partial charge in [-0.05, 0) is 120 Å². The zero-order valence-electron chi connectivity index (χ0n) is 32.8. The van der Waals surface area contributed by atoms with Crippen molar-refractivity contribution in [3.63, 3.8) is 0 Å². The van der Waals surface area contributed by atoms with Crippen LogP contribution in [0.2, 0.25) is 0 Å². The van der Waals surface area contributed by atoms with Crippen LogP contribution < -0.4 is 9.64 Å². The molecule has 0 N–H and O–H groups in total. The number of anilines is 1. The Labute approximate surface area is 332 Å². The highest BCUT2D eigenvalue weighted by Gasteiger charge is 2.47. The summed E-state index contributed by atoms with van der Waals surface area (Å²) in [5, 5.41) is 0. The maximum atomic E-state index is 14.0. The maximum Gasteiger partial charge on any atom is 0.266 e. The van der Waals surface area contributed by atoms with Gasteiger partial charge >= 0.3 is 0 Å². The highest BCUT2D eigenvalue weighted by molar-refractivity contribution is 6.34. The number of carbonyl (C=O) groups excluding carboxylic acids is 4. The van der Waals surface area contributed by atoms with Crippen LogP contribution in [0.25, 0.3) is 11.1 Å². The van der Waals surface area contributed by atoms with Gasteiger partial charge in [0, 0.05) is 5.54 Å². The molecule has 57 heavy (non-hydrogen) atoms. The van der Waals surface area contributed by atoms with Crippen LogP contribution in [0, 0.1) is 0 Å². The first-order chi connectivity index (χ1) is 27.3. The molecule has 0 bridgehead atoms. The molecule has 0 radical (unpaired) electrons. The summed E-state index contributed by atoms with van der Waals surface area (Å²) < 4.78 is 6.11. The van der Waals surface area contributed by atoms with Gasteiger partial charge in [0.2, 0.25) is 0 Å². The second-order valence-electron chi connectivity index (χ2n) is 16.8. The number of amides is 4. The first-order valence-electron chi connectivity index (χ1n) is 19.4. The molecule has 0 atom stereocenters. The van der Waals surface area contributed by atoms with Crippen molar-refractivity contribution >= 4 is 29.3 Å². The van der Waals surface area contributed by atoms with Gasteiger partial charge in [-0.3, -0.25) is 24.1 Å². The second-order valence-corrected chi connectivity index (χ2v) is 16.8. The molecule has 0 saturated heterocycles. The van der Waals surface area contributed by atoms with E-state index in [1.807, 2.05) is 45.0 Å². The smallest absolute Gasteiger partial charge is 0.266 e. The Morgan fingerprint density at radius 2 is 0.965 bits per heavy atom. The Morgan fingerprint density at radius 1 is 0.509 bits per heavy atom. The number of carbonyl (C=O) groups is 4. The van der Waals surface area contributed by atoms with Gasteiger partial charge in [0.15, 0.2) is 0 Å². The molecule has 7 heteroatoms. The molecule has 0 unspecified atom stereocenters. The van der Waals surface area contributed by atoms with E-state index < -0.39 is 22.8 Å². The van der Waals surface area contributed by atoms with E-state index in [1.165, 1.54) is 37.6 Å². The van der Waals surface area contributed by atoms with E-state index in [-0.39, 0.29) is 33.9 Å². The Bertz CT molecular complexity index is 2640. The van der Waals surface area contributed by atoms with Crippen LogP contribution in [0.1, 0.15) is 117 Å². The van der Waals surface area contributed by atoms with E-state index in [1.54, 1.807) is 36.4 Å². The number of imide groups is 2. The van der Waals surface area contributed by atoms with Gasteiger partial charge in [-0.1, -0.05) is 106 Å². The molecule has 7 nitrogen and oxygen atoms in total. The molecule has 3 aliphatic rings. The average molecular weight is 751 g/mol. The lowest BCUT2D eigenvalue weighted by molar-refractivity contribution is 0.0507. The number of hydrogen-bond donors (Lipinski definition) is 0. The molecular weight excluding hydrogens is 709 g/mol. The van der Waals surface area contributed by atoms with Gasteiger partial charge in [-0.15, -0.1) is 0 Å². The van der Waals surface area contributed by atoms with Gasteiger partial charge in [0.25, 0.3) is 23.6 Å². The van der Waals surface area contributed by atoms with Gasteiger partial charge in [-0.2, -0.15) is 0 Å². The first kappa shape index (κ1) is 36.1. The van der Waals surface area contributed by atoms with Gasteiger partial charge in [0.05, 0.1) is 33.4 Å². The zero-order valence-corrected chi connectivity index (χ0v) is 32.8. The Morgan fingerprint density at radius 3 is 1.49 bits per heavy atom. The standard InChI is InChI=1S/C50H42N2O5/c1-7-49(5,6)30-16-18-31(19-17-30)50(42-14-10-8-12-36(42)37-13-9-11-15-43(37)50)32-20-22-33(23-21-32)51-44(53)38-26-24-34(28-40(38)45(51)54)57-35-25-27-39-41(29-35)47(56)52(46(39)55)48(2,3)4/h8-29H,7H2,1-6H3. The third-order valence-electron chi connectivity index (χ3n) is 12.1. The molecule has 0 saturated carbocycles. The Hall–Kier alpha value is -6.60. The molecular formula is C50H42N2O5. The van der Waals surface area contributed by atoms with Gasteiger partial charge in [0.1, 0.15) is 11.5 Å². The topological polar surface area (TPSA) is 84.0 Å². The van der Waals surface area contributed by atoms with E-state index in [2.05, 4.69) is 93.6 Å². The number of fused-ring (bicyclic) bond motifs is 5. The second kappa shape index (κ2) is 12.7. The van der Waals surface area contributed by atoms with Crippen molar-refractivity contribution in [2.24, 2.45) is 0 Å². The first-order valence-corrected chi connectivity index (χ1v) is 19.4. The summed E-state index contributed by atoms with van der Waals surface area (Å²) in [4.78, 5) is 56.5. The normalized spacial score (nSPS) is 15.5.